The summed E-state index contributed by atoms with van der Waals surface area (Å²) in [5.41, 5.74) is 9.53. The lowest BCUT2D eigenvalue weighted by Gasteiger charge is -2.37. The number of carbonyl (C=O) groups is 2. The van der Waals surface area contributed by atoms with Crippen molar-refractivity contribution in [2.45, 2.75) is 45.1 Å². The van der Waals surface area contributed by atoms with Crippen LogP contribution in [0.3, 0.4) is 0 Å². The molecule has 0 bridgehead atoms. The van der Waals surface area contributed by atoms with Gasteiger partial charge in [0, 0.05) is 42.7 Å². The van der Waals surface area contributed by atoms with Gasteiger partial charge < -0.3 is 20.4 Å². The fourth-order valence-electron chi connectivity index (χ4n) is 5.79. The van der Waals surface area contributed by atoms with E-state index in [1.165, 1.54) is 0 Å². The molecular weight excluding hydrogens is 454 g/mol. The Balaban J connectivity index is 1.19. The van der Waals surface area contributed by atoms with Crippen LogP contribution in [0.2, 0.25) is 0 Å². The van der Waals surface area contributed by atoms with Crippen LogP contribution >= 0.6 is 0 Å². The lowest BCUT2D eigenvalue weighted by Crippen LogP contribution is -2.45. The van der Waals surface area contributed by atoms with E-state index in [1.807, 2.05) is 42.2 Å². The van der Waals surface area contributed by atoms with Gasteiger partial charge >= 0.3 is 5.97 Å². The molecule has 0 spiro atoms. The molecule has 1 aromatic carbocycles. The summed E-state index contributed by atoms with van der Waals surface area (Å²) in [4.78, 5) is 37.8. The molecule has 3 N–H and O–H groups in total. The SMILES string of the molecule is CCOC(=O)c1[nH]c2ccccc2c1C1CCN(C(=O)C2CCN(Cc3ccnc(N)c3)CC2)CC1. The number of aromatic nitrogens is 2. The second-order valence-electron chi connectivity index (χ2n) is 9.92. The van der Waals surface area contributed by atoms with E-state index in [2.05, 4.69) is 20.9 Å². The number of piperidine rings is 2. The van der Waals surface area contributed by atoms with E-state index in [4.69, 9.17) is 10.5 Å². The summed E-state index contributed by atoms with van der Waals surface area (Å²) in [6.07, 6.45) is 5.21. The topological polar surface area (TPSA) is 105 Å². The van der Waals surface area contributed by atoms with Gasteiger partial charge in [0.2, 0.25) is 5.91 Å². The number of amides is 1. The molecule has 2 aliphatic heterocycles. The smallest absolute Gasteiger partial charge is 0.355 e. The molecule has 5 rings (SSSR count). The number of anilines is 1. The quantitative estimate of drug-likeness (QED) is 0.508. The van der Waals surface area contributed by atoms with Crippen LogP contribution in [0.5, 0.6) is 0 Å². The van der Waals surface area contributed by atoms with Crippen LogP contribution in [0.4, 0.5) is 5.82 Å². The maximum Gasteiger partial charge on any atom is 0.355 e. The number of nitrogen functional groups attached to an aromatic ring is 1. The summed E-state index contributed by atoms with van der Waals surface area (Å²) < 4.78 is 5.33. The molecule has 0 radical (unpaired) electrons. The van der Waals surface area contributed by atoms with E-state index in [0.717, 1.165) is 80.4 Å². The van der Waals surface area contributed by atoms with Crippen molar-refractivity contribution in [3.05, 3.63) is 59.4 Å². The highest BCUT2D eigenvalue weighted by Gasteiger charge is 2.33. The average Bonchev–Trinajstić information content (AvgIpc) is 3.29. The first-order chi connectivity index (χ1) is 17.5. The zero-order valence-corrected chi connectivity index (χ0v) is 20.9. The molecule has 2 fully saturated rings. The largest absolute Gasteiger partial charge is 0.461 e. The van der Waals surface area contributed by atoms with Gasteiger partial charge in [-0.25, -0.2) is 9.78 Å². The number of hydrogen-bond donors (Lipinski definition) is 2. The Hall–Kier alpha value is -3.39. The molecule has 2 aromatic heterocycles. The van der Waals surface area contributed by atoms with Crippen molar-refractivity contribution in [2.24, 2.45) is 5.92 Å². The first-order valence-corrected chi connectivity index (χ1v) is 13.0. The maximum atomic E-state index is 13.3. The maximum absolute atomic E-state index is 13.3. The second-order valence-corrected chi connectivity index (χ2v) is 9.92. The second kappa shape index (κ2) is 10.7. The first kappa shape index (κ1) is 24.3. The number of nitrogens with zero attached hydrogens (tertiary/aromatic N) is 3. The highest BCUT2D eigenvalue weighted by atomic mass is 16.5. The van der Waals surface area contributed by atoms with E-state index in [0.29, 0.717) is 18.1 Å². The van der Waals surface area contributed by atoms with Gasteiger partial charge in [0.1, 0.15) is 11.5 Å². The number of nitrogens with one attached hydrogen (secondary N) is 1. The minimum Gasteiger partial charge on any atom is -0.461 e. The number of fused-ring (bicyclic) bond motifs is 1. The number of rotatable bonds is 6. The van der Waals surface area contributed by atoms with Crippen molar-refractivity contribution in [2.75, 3.05) is 38.5 Å². The monoisotopic (exact) mass is 489 g/mol. The Morgan fingerprint density at radius 2 is 1.83 bits per heavy atom. The summed E-state index contributed by atoms with van der Waals surface area (Å²) in [5, 5.41) is 1.08. The summed E-state index contributed by atoms with van der Waals surface area (Å²) in [6.45, 7) is 6.27. The van der Waals surface area contributed by atoms with Gasteiger partial charge in [0.15, 0.2) is 0 Å². The number of aromatic amines is 1. The molecule has 2 aliphatic rings. The zero-order valence-electron chi connectivity index (χ0n) is 20.9. The van der Waals surface area contributed by atoms with Crippen LogP contribution in [0, 0.1) is 5.92 Å². The summed E-state index contributed by atoms with van der Waals surface area (Å²) in [6, 6.07) is 12.0. The van der Waals surface area contributed by atoms with Crippen molar-refractivity contribution in [1.82, 2.24) is 19.8 Å². The molecular formula is C28H35N5O3. The van der Waals surface area contributed by atoms with Crippen LogP contribution in [-0.2, 0) is 16.1 Å². The molecule has 3 aromatic rings. The third-order valence-electron chi connectivity index (χ3n) is 7.63. The number of H-pyrrole nitrogens is 1. The van der Waals surface area contributed by atoms with Gasteiger partial charge in [-0.1, -0.05) is 18.2 Å². The van der Waals surface area contributed by atoms with Crippen LogP contribution in [-0.4, -0.2) is 64.4 Å². The Morgan fingerprint density at radius 3 is 2.56 bits per heavy atom. The lowest BCUT2D eigenvalue weighted by molar-refractivity contribution is -0.138. The van der Waals surface area contributed by atoms with Crippen molar-refractivity contribution in [3.63, 3.8) is 0 Å². The standard InChI is InChI=1S/C28H35N5O3/c1-2-36-28(35)26-25(22-5-3-4-6-23(22)31-26)20-10-15-33(16-11-20)27(34)21-8-13-32(14-9-21)18-19-7-12-30-24(29)17-19/h3-7,12,17,20-21,31H,2,8-11,13-16,18H2,1H3,(H2,29,30). The van der Waals surface area contributed by atoms with E-state index < -0.39 is 0 Å². The van der Waals surface area contributed by atoms with E-state index in [1.54, 1.807) is 6.20 Å². The molecule has 0 unspecified atom stereocenters. The minimum absolute atomic E-state index is 0.0866. The van der Waals surface area contributed by atoms with Gasteiger partial charge in [-0.3, -0.25) is 9.69 Å². The predicted octanol–water partition coefficient (Wildman–Crippen LogP) is 3.94. The summed E-state index contributed by atoms with van der Waals surface area (Å²) in [7, 11) is 0. The van der Waals surface area contributed by atoms with Crippen LogP contribution in [0.1, 0.15) is 60.1 Å². The number of esters is 1. The van der Waals surface area contributed by atoms with E-state index in [9.17, 15) is 9.59 Å². The Morgan fingerprint density at radius 1 is 1.08 bits per heavy atom. The summed E-state index contributed by atoms with van der Waals surface area (Å²) >= 11 is 0. The van der Waals surface area contributed by atoms with Gasteiger partial charge in [-0.05, 0) is 80.9 Å². The number of carbonyl (C=O) groups excluding carboxylic acids is 2. The third kappa shape index (κ3) is 5.09. The van der Waals surface area contributed by atoms with Crippen molar-refractivity contribution >= 4 is 28.6 Å². The summed E-state index contributed by atoms with van der Waals surface area (Å²) in [5.74, 6) is 0.833. The molecule has 0 saturated carbocycles. The van der Waals surface area contributed by atoms with Crippen LogP contribution in [0.25, 0.3) is 10.9 Å². The molecule has 1 amide bonds. The normalized spacial score (nSPS) is 18.0. The predicted molar refractivity (Wildman–Crippen MR) is 139 cm³/mol. The number of nitrogens with two attached hydrogens (primary N) is 1. The fraction of sp³-hybridized carbons (Fsp3) is 0.464. The Kier molecular flexibility index (Phi) is 7.23. The minimum atomic E-state index is -0.302. The average molecular weight is 490 g/mol. The number of ether oxygens (including phenoxy) is 1. The number of para-hydroxylation sites is 1. The molecule has 8 nitrogen and oxygen atoms in total. The molecule has 36 heavy (non-hydrogen) atoms. The van der Waals surface area contributed by atoms with Crippen molar-refractivity contribution in [3.8, 4) is 0 Å². The van der Waals surface area contributed by atoms with Crippen molar-refractivity contribution in [1.29, 1.82) is 0 Å². The third-order valence-corrected chi connectivity index (χ3v) is 7.63. The van der Waals surface area contributed by atoms with Gasteiger partial charge in [0.25, 0.3) is 0 Å². The number of likely N-dealkylation sites (tertiary alicyclic amines) is 2. The first-order valence-electron chi connectivity index (χ1n) is 13.0. The molecule has 8 heteroatoms. The fourth-order valence-corrected chi connectivity index (χ4v) is 5.79. The Bertz CT molecular complexity index is 1220. The van der Waals surface area contributed by atoms with Crippen molar-refractivity contribution < 1.29 is 14.3 Å². The van der Waals surface area contributed by atoms with Gasteiger partial charge in [0.05, 0.1) is 6.61 Å². The number of benzene rings is 1. The van der Waals surface area contributed by atoms with Gasteiger partial charge in [-0.15, -0.1) is 0 Å². The number of hydrogen-bond acceptors (Lipinski definition) is 6. The molecule has 190 valence electrons. The molecule has 4 heterocycles. The number of pyridine rings is 1. The zero-order chi connectivity index (χ0) is 25.1. The van der Waals surface area contributed by atoms with E-state index >= 15 is 0 Å². The molecule has 0 atom stereocenters. The van der Waals surface area contributed by atoms with E-state index in [-0.39, 0.29) is 23.7 Å². The van der Waals surface area contributed by atoms with Crippen LogP contribution < -0.4 is 5.73 Å². The van der Waals surface area contributed by atoms with Crippen LogP contribution in [0.15, 0.2) is 42.6 Å². The van der Waals surface area contributed by atoms with Gasteiger partial charge in [-0.2, -0.15) is 0 Å². The lowest BCUT2D eigenvalue weighted by atomic mass is 9.86. The Labute approximate surface area is 211 Å². The molecule has 0 aliphatic carbocycles. The highest BCUT2D eigenvalue weighted by Crippen LogP contribution is 2.37. The molecule has 2 saturated heterocycles. The highest BCUT2D eigenvalue weighted by molar-refractivity contribution is 5.98.